The molecule has 2 rings (SSSR count). The third-order valence-corrected chi connectivity index (χ3v) is 3.57. The highest BCUT2D eigenvalue weighted by molar-refractivity contribution is 5.98. The molecule has 0 heterocycles. The summed E-state index contributed by atoms with van der Waals surface area (Å²) in [4.78, 5) is 24.4. The first-order valence-corrected chi connectivity index (χ1v) is 7.66. The number of hydrogen-bond donors (Lipinski definition) is 1. The van der Waals surface area contributed by atoms with Crippen LogP contribution in [0.2, 0.25) is 0 Å². The van der Waals surface area contributed by atoms with E-state index in [1.807, 2.05) is 5.32 Å². The number of anilines is 1. The van der Waals surface area contributed by atoms with Gasteiger partial charge >= 0.3 is 5.97 Å². The molecular weight excluding hydrogens is 367 g/mol. The molecule has 144 valence electrons. The lowest BCUT2D eigenvalue weighted by Gasteiger charge is -2.16. The Labute approximate surface area is 152 Å². The van der Waals surface area contributed by atoms with E-state index in [1.165, 1.54) is 33.3 Å². The number of carbonyl (C=O) groups is 2. The third-order valence-electron chi connectivity index (χ3n) is 3.57. The van der Waals surface area contributed by atoms with Crippen LogP contribution in [0.1, 0.15) is 17.3 Å². The molecule has 0 fully saturated rings. The monoisotopic (exact) mass is 383 g/mol. The number of halogens is 3. The number of rotatable bonds is 6. The number of para-hydroxylation sites is 1. The quantitative estimate of drug-likeness (QED) is 0.612. The molecule has 0 saturated carbocycles. The summed E-state index contributed by atoms with van der Waals surface area (Å²) in [5.74, 6) is -6.10. The maximum Gasteiger partial charge on any atom is 0.342 e. The van der Waals surface area contributed by atoms with Crippen LogP contribution in [-0.4, -0.2) is 32.2 Å². The van der Waals surface area contributed by atoms with Crippen molar-refractivity contribution in [3.05, 3.63) is 53.3 Å². The summed E-state index contributed by atoms with van der Waals surface area (Å²) in [5.41, 5.74) is -0.573. The van der Waals surface area contributed by atoms with Crippen LogP contribution in [-0.2, 0) is 9.53 Å². The van der Waals surface area contributed by atoms with E-state index in [0.29, 0.717) is 6.07 Å². The van der Waals surface area contributed by atoms with Crippen LogP contribution in [0.15, 0.2) is 30.3 Å². The topological polar surface area (TPSA) is 73.9 Å². The number of nitrogens with one attached hydrogen (secondary N) is 1. The molecule has 1 amide bonds. The van der Waals surface area contributed by atoms with Crippen molar-refractivity contribution in [1.29, 1.82) is 0 Å². The summed E-state index contributed by atoms with van der Waals surface area (Å²) >= 11 is 0. The van der Waals surface area contributed by atoms with E-state index >= 15 is 0 Å². The Morgan fingerprint density at radius 1 is 1.00 bits per heavy atom. The molecular formula is C18H16F3NO5. The van der Waals surface area contributed by atoms with Gasteiger partial charge in [0.1, 0.15) is 5.56 Å². The number of methoxy groups -OCH3 is 2. The molecule has 1 atom stereocenters. The Morgan fingerprint density at radius 3 is 2.33 bits per heavy atom. The molecule has 0 unspecified atom stereocenters. The lowest BCUT2D eigenvalue weighted by atomic mass is 10.2. The Morgan fingerprint density at radius 2 is 1.70 bits per heavy atom. The number of amides is 1. The second-order valence-electron chi connectivity index (χ2n) is 5.30. The van der Waals surface area contributed by atoms with Crippen molar-refractivity contribution in [2.24, 2.45) is 0 Å². The Hall–Kier alpha value is -3.23. The third kappa shape index (κ3) is 4.30. The fraction of sp³-hybridized carbons (Fsp3) is 0.222. The van der Waals surface area contributed by atoms with Gasteiger partial charge in [0.25, 0.3) is 5.91 Å². The minimum absolute atomic E-state index is 0.00973. The highest BCUT2D eigenvalue weighted by Crippen LogP contribution is 2.31. The number of benzene rings is 2. The second kappa shape index (κ2) is 8.43. The van der Waals surface area contributed by atoms with E-state index in [4.69, 9.17) is 14.2 Å². The fourth-order valence-corrected chi connectivity index (χ4v) is 2.18. The van der Waals surface area contributed by atoms with Crippen molar-refractivity contribution in [3.63, 3.8) is 0 Å². The first kappa shape index (κ1) is 20.1. The molecule has 0 saturated heterocycles. The van der Waals surface area contributed by atoms with Gasteiger partial charge in [0, 0.05) is 0 Å². The van der Waals surface area contributed by atoms with Gasteiger partial charge in [-0.3, -0.25) is 4.79 Å². The first-order chi connectivity index (χ1) is 12.8. The highest BCUT2D eigenvalue weighted by Gasteiger charge is 2.24. The van der Waals surface area contributed by atoms with Crippen molar-refractivity contribution in [3.8, 4) is 11.5 Å². The van der Waals surface area contributed by atoms with Crippen molar-refractivity contribution < 1.29 is 37.0 Å². The molecule has 2 aromatic rings. The van der Waals surface area contributed by atoms with E-state index in [9.17, 15) is 22.8 Å². The van der Waals surface area contributed by atoms with Crippen molar-refractivity contribution in [1.82, 2.24) is 0 Å². The van der Waals surface area contributed by atoms with Crippen LogP contribution in [0.5, 0.6) is 11.5 Å². The summed E-state index contributed by atoms with van der Waals surface area (Å²) in [7, 11) is 2.72. The zero-order valence-electron chi connectivity index (χ0n) is 14.6. The molecule has 2 aromatic carbocycles. The minimum atomic E-state index is -1.72. The SMILES string of the molecule is COc1cccc(C(=O)O[C@@H](C)C(=O)Nc2ccc(F)c(F)c2F)c1OC. The van der Waals surface area contributed by atoms with Gasteiger partial charge in [0.2, 0.25) is 0 Å². The predicted octanol–water partition coefficient (Wildman–Crippen LogP) is 3.31. The molecule has 0 bridgehead atoms. The number of carbonyl (C=O) groups excluding carboxylic acids is 2. The van der Waals surface area contributed by atoms with Gasteiger partial charge in [-0.2, -0.15) is 0 Å². The van der Waals surface area contributed by atoms with E-state index in [-0.39, 0.29) is 17.1 Å². The van der Waals surface area contributed by atoms with Crippen molar-refractivity contribution in [2.45, 2.75) is 13.0 Å². The summed E-state index contributed by atoms with van der Waals surface area (Å²) in [6.07, 6.45) is -1.36. The second-order valence-corrected chi connectivity index (χ2v) is 5.30. The van der Waals surface area contributed by atoms with Crippen LogP contribution in [0.3, 0.4) is 0 Å². The zero-order valence-corrected chi connectivity index (χ0v) is 14.6. The van der Waals surface area contributed by atoms with Gasteiger partial charge in [0.05, 0.1) is 19.9 Å². The fourth-order valence-electron chi connectivity index (χ4n) is 2.18. The zero-order chi connectivity index (χ0) is 20.1. The summed E-state index contributed by atoms with van der Waals surface area (Å²) in [6.45, 7) is 1.23. The highest BCUT2D eigenvalue weighted by atomic mass is 19.2. The molecule has 0 aliphatic carbocycles. The average molecular weight is 383 g/mol. The smallest absolute Gasteiger partial charge is 0.342 e. The van der Waals surface area contributed by atoms with Crippen LogP contribution < -0.4 is 14.8 Å². The van der Waals surface area contributed by atoms with Crippen LogP contribution in [0.4, 0.5) is 18.9 Å². The van der Waals surface area contributed by atoms with E-state index in [2.05, 4.69) is 0 Å². The van der Waals surface area contributed by atoms with Crippen LogP contribution >= 0.6 is 0 Å². The summed E-state index contributed by atoms with van der Waals surface area (Å²) in [6, 6.07) is 6.01. The molecule has 0 radical (unpaired) electrons. The normalized spacial score (nSPS) is 11.5. The molecule has 0 aromatic heterocycles. The predicted molar refractivity (Wildman–Crippen MR) is 89.4 cm³/mol. The molecule has 0 aliphatic rings. The van der Waals surface area contributed by atoms with E-state index < -0.39 is 41.1 Å². The van der Waals surface area contributed by atoms with Gasteiger partial charge in [0.15, 0.2) is 35.1 Å². The van der Waals surface area contributed by atoms with Gasteiger partial charge in [-0.1, -0.05) is 6.07 Å². The maximum absolute atomic E-state index is 13.6. The van der Waals surface area contributed by atoms with Crippen LogP contribution in [0.25, 0.3) is 0 Å². The number of esters is 1. The van der Waals surface area contributed by atoms with Crippen molar-refractivity contribution in [2.75, 3.05) is 19.5 Å². The van der Waals surface area contributed by atoms with Gasteiger partial charge in [-0.25, -0.2) is 18.0 Å². The first-order valence-electron chi connectivity index (χ1n) is 7.66. The summed E-state index contributed by atoms with van der Waals surface area (Å²) < 4.78 is 55.0. The Bertz CT molecular complexity index is 872. The largest absolute Gasteiger partial charge is 0.493 e. The Balaban J connectivity index is 2.13. The molecule has 0 spiro atoms. The standard InChI is InChI=1S/C18H16F3NO5/c1-9(17(23)22-12-8-7-11(19)14(20)15(12)21)27-18(24)10-5-4-6-13(25-2)16(10)26-3/h4-9H,1-3H3,(H,22,23)/t9-/m0/s1. The lowest BCUT2D eigenvalue weighted by Crippen LogP contribution is -2.30. The van der Waals surface area contributed by atoms with Gasteiger partial charge < -0.3 is 19.5 Å². The molecule has 27 heavy (non-hydrogen) atoms. The molecule has 1 N–H and O–H groups in total. The number of hydrogen-bond acceptors (Lipinski definition) is 5. The molecule has 0 aliphatic heterocycles. The van der Waals surface area contributed by atoms with Crippen LogP contribution in [0, 0.1) is 17.5 Å². The molecule has 9 heteroatoms. The van der Waals surface area contributed by atoms with E-state index in [1.54, 1.807) is 6.07 Å². The van der Waals surface area contributed by atoms with E-state index in [0.717, 1.165) is 6.07 Å². The van der Waals surface area contributed by atoms with Gasteiger partial charge in [-0.15, -0.1) is 0 Å². The summed E-state index contributed by atoms with van der Waals surface area (Å²) in [5, 5.41) is 2.03. The maximum atomic E-state index is 13.6. The minimum Gasteiger partial charge on any atom is -0.493 e. The Kier molecular flexibility index (Phi) is 6.27. The average Bonchev–Trinajstić information content (AvgIpc) is 2.67. The van der Waals surface area contributed by atoms with Gasteiger partial charge in [-0.05, 0) is 31.2 Å². The van der Waals surface area contributed by atoms with Crippen molar-refractivity contribution >= 4 is 17.6 Å². The molecule has 6 nitrogen and oxygen atoms in total. The number of ether oxygens (including phenoxy) is 3. The lowest BCUT2D eigenvalue weighted by molar-refractivity contribution is -0.123.